The molecular weight excluding hydrogens is 394 g/mol. The number of thiazole rings is 1. The summed E-state index contributed by atoms with van der Waals surface area (Å²) < 4.78 is 10.1. The molecule has 0 radical (unpaired) electrons. The van der Waals surface area contributed by atoms with Gasteiger partial charge in [0.2, 0.25) is 5.91 Å². The normalized spacial score (nSPS) is 13.4. The molecule has 1 aliphatic heterocycles. The molecule has 0 unspecified atom stereocenters. The lowest BCUT2D eigenvalue weighted by Crippen LogP contribution is -2.30. The Morgan fingerprint density at radius 1 is 1.28 bits per heavy atom. The summed E-state index contributed by atoms with van der Waals surface area (Å²) >= 11 is 1.33. The third-order valence-corrected chi connectivity index (χ3v) is 5.34. The Bertz CT molecular complexity index is 865. The van der Waals surface area contributed by atoms with Crippen molar-refractivity contribution < 1.29 is 23.9 Å². The summed E-state index contributed by atoms with van der Waals surface area (Å²) in [5.41, 5.74) is 1.61. The predicted molar refractivity (Wildman–Crippen MR) is 108 cm³/mol. The Kier molecular flexibility index (Phi) is 7.18. The molecule has 9 heteroatoms. The summed E-state index contributed by atoms with van der Waals surface area (Å²) in [5, 5.41) is 5.06. The molecule has 0 bridgehead atoms. The van der Waals surface area contributed by atoms with Crippen LogP contribution in [0, 0.1) is 0 Å². The van der Waals surface area contributed by atoms with E-state index in [2.05, 4.69) is 10.3 Å². The maximum atomic E-state index is 11.9. The van der Waals surface area contributed by atoms with E-state index < -0.39 is 5.97 Å². The van der Waals surface area contributed by atoms with Crippen LogP contribution < -0.4 is 15.0 Å². The maximum absolute atomic E-state index is 11.9. The minimum Gasteiger partial charge on any atom is -0.497 e. The summed E-state index contributed by atoms with van der Waals surface area (Å²) in [6.45, 7) is 0.776. The quantitative estimate of drug-likeness (QED) is 0.624. The van der Waals surface area contributed by atoms with E-state index >= 15 is 0 Å². The van der Waals surface area contributed by atoms with Crippen LogP contribution in [0.5, 0.6) is 5.75 Å². The molecule has 2 heterocycles. The molecule has 1 saturated heterocycles. The monoisotopic (exact) mass is 417 g/mol. The van der Waals surface area contributed by atoms with Gasteiger partial charge in [-0.2, -0.15) is 0 Å². The van der Waals surface area contributed by atoms with Crippen LogP contribution in [-0.2, 0) is 32.0 Å². The highest BCUT2D eigenvalue weighted by Gasteiger charge is 2.24. The lowest BCUT2D eigenvalue weighted by Gasteiger charge is -2.10. The fourth-order valence-corrected chi connectivity index (χ4v) is 3.75. The number of nitrogens with one attached hydrogen (secondary N) is 1. The number of hydrogen-bond donors (Lipinski definition) is 1. The van der Waals surface area contributed by atoms with E-state index in [9.17, 15) is 14.4 Å². The number of aromatic nitrogens is 1. The lowest BCUT2D eigenvalue weighted by molar-refractivity contribution is -0.147. The Morgan fingerprint density at radius 3 is 2.76 bits per heavy atom. The minimum atomic E-state index is -0.528. The summed E-state index contributed by atoms with van der Waals surface area (Å²) in [7, 11) is 1.61. The molecule has 3 rings (SSSR count). The first-order valence-electron chi connectivity index (χ1n) is 9.35. The van der Waals surface area contributed by atoms with Gasteiger partial charge in [0.1, 0.15) is 5.75 Å². The van der Waals surface area contributed by atoms with E-state index in [1.54, 1.807) is 17.4 Å². The fourth-order valence-electron chi connectivity index (χ4n) is 2.89. The average Bonchev–Trinajstić information content (AvgIpc) is 3.35. The number of nitrogens with zero attached hydrogens (tertiary/aromatic N) is 2. The number of benzene rings is 1. The molecule has 1 N–H and O–H groups in total. The molecule has 29 heavy (non-hydrogen) atoms. The molecule has 1 aromatic heterocycles. The van der Waals surface area contributed by atoms with Gasteiger partial charge in [-0.05, 0) is 30.5 Å². The van der Waals surface area contributed by atoms with Crippen molar-refractivity contribution >= 4 is 34.3 Å². The number of hydrogen-bond acceptors (Lipinski definition) is 7. The molecule has 0 spiro atoms. The number of ether oxygens (including phenoxy) is 2. The van der Waals surface area contributed by atoms with Gasteiger partial charge in [0.25, 0.3) is 5.91 Å². The van der Waals surface area contributed by atoms with Gasteiger partial charge in [-0.25, -0.2) is 4.98 Å². The van der Waals surface area contributed by atoms with Crippen LogP contribution in [0.2, 0.25) is 0 Å². The van der Waals surface area contributed by atoms with Crippen molar-refractivity contribution in [3.05, 3.63) is 40.9 Å². The highest BCUT2D eigenvalue weighted by Crippen LogP contribution is 2.25. The number of carbonyl (C=O) groups excluding carboxylic acids is 3. The van der Waals surface area contributed by atoms with Crippen LogP contribution in [-0.4, -0.2) is 49.6 Å². The molecule has 0 saturated carbocycles. The first-order chi connectivity index (χ1) is 14.0. The average molecular weight is 417 g/mol. The number of amides is 2. The second-order valence-electron chi connectivity index (χ2n) is 6.56. The second-order valence-corrected chi connectivity index (χ2v) is 7.39. The van der Waals surface area contributed by atoms with Gasteiger partial charge >= 0.3 is 5.97 Å². The zero-order valence-electron chi connectivity index (χ0n) is 16.2. The van der Waals surface area contributed by atoms with E-state index in [4.69, 9.17) is 9.47 Å². The van der Waals surface area contributed by atoms with Crippen LogP contribution in [0.15, 0.2) is 29.6 Å². The van der Waals surface area contributed by atoms with Crippen LogP contribution in [0.4, 0.5) is 5.13 Å². The number of anilines is 1. The minimum absolute atomic E-state index is 0.0301. The Hall–Kier alpha value is -2.94. The van der Waals surface area contributed by atoms with Gasteiger partial charge in [0.05, 0.1) is 19.2 Å². The van der Waals surface area contributed by atoms with Crippen molar-refractivity contribution in [1.29, 1.82) is 0 Å². The first kappa shape index (κ1) is 20.8. The third kappa shape index (κ3) is 6.02. The van der Waals surface area contributed by atoms with Crippen LogP contribution in [0.25, 0.3) is 0 Å². The summed E-state index contributed by atoms with van der Waals surface area (Å²) in [4.78, 5) is 41.5. The SMILES string of the molecule is COc1ccc(CCNC(=O)COC(=O)Cc2csc(N3CCCC3=O)n2)cc1. The smallest absolute Gasteiger partial charge is 0.312 e. The van der Waals surface area contributed by atoms with Gasteiger partial charge in [-0.1, -0.05) is 12.1 Å². The Balaban J connectivity index is 1.35. The topological polar surface area (TPSA) is 97.8 Å². The predicted octanol–water partition coefficient (Wildman–Crippen LogP) is 1.72. The summed E-state index contributed by atoms with van der Waals surface area (Å²) in [6.07, 6.45) is 1.99. The first-order valence-corrected chi connectivity index (χ1v) is 10.2. The van der Waals surface area contributed by atoms with E-state index in [0.717, 1.165) is 17.7 Å². The highest BCUT2D eigenvalue weighted by atomic mass is 32.1. The van der Waals surface area contributed by atoms with E-state index in [-0.39, 0.29) is 24.8 Å². The van der Waals surface area contributed by atoms with Crippen molar-refractivity contribution in [2.75, 3.05) is 31.7 Å². The molecule has 0 aliphatic carbocycles. The van der Waals surface area contributed by atoms with Crippen LogP contribution in [0.1, 0.15) is 24.1 Å². The number of methoxy groups -OCH3 is 1. The number of carbonyl (C=O) groups is 3. The van der Waals surface area contributed by atoms with Gasteiger partial charge < -0.3 is 14.8 Å². The standard InChI is InChI=1S/C20H23N3O5S/c1-27-16-6-4-14(5-7-16)8-9-21-17(24)12-28-19(26)11-15-13-29-20(22-15)23-10-2-3-18(23)25/h4-7,13H,2-3,8-12H2,1H3,(H,21,24). The second kappa shape index (κ2) is 10.0. The molecule has 1 fully saturated rings. The van der Waals surface area contributed by atoms with Crippen molar-refractivity contribution in [1.82, 2.24) is 10.3 Å². The van der Waals surface area contributed by atoms with E-state index in [0.29, 0.717) is 36.8 Å². The van der Waals surface area contributed by atoms with E-state index in [1.165, 1.54) is 11.3 Å². The summed E-state index contributed by atoms with van der Waals surface area (Å²) in [5.74, 6) is -0.0443. The van der Waals surface area contributed by atoms with Crippen molar-refractivity contribution in [2.24, 2.45) is 0 Å². The fraction of sp³-hybridized carbons (Fsp3) is 0.400. The molecule has 1 aliphatic rings. The molecule has 8 nitrogen and oxygen atoms in total. The molecule has 0 atom stereocenters. The molecule has 2 aromatic rings. The van der Waals surface area contributed by atoms with Crippen molar-refractivity contribution in [3.8, 4) is 5.75 Å². The molecular formula is C20H23N3O5S. The van der Waals surface area contributed by atoms with Gasteiger partial charge in [-0.3, -0.25) is 19.3 Å². The Morgan fingerprint density at radius 2 is 2.07 bits per heavy atom. The van der Waals surface area contributed by atoms with Crippen LogP contribution in [0.3, 0.4) is 0 Å². The van der Waals surface area contributed by atoms with Crippen molar-refractivity contribution in [3.63, 3.8) is 0 Å². The Labute approximate surface area is 172 Å². The zero-order valence-corrected chi connectivity index (χ0v) is 17.0. The molecule has 1 aromatic carbocycles. The molecule has 154 valence electrons. The number of rotatable bonds is 9. The van der Waals surface area contributed by atoms with Gasteiger partial charge in [-0.15, -0.1) is 11.3 Å². The van der Waals surface area contributed by atoms with Crippen molar-refractivity contribution in [2.45, 2.75) is 25.7 Å². The zero-order chi connectivity index (χ0) is 20.6. The van der Waals surface area contributed by atoms with Gasteiger partial charge in [0, 0.05) is 24.9 Å². The number of esters is 1. The maximum Gasteiger partial charge on any atom is 0.312 e. The largest absolute Gasteiger partial charge is 0.497 e. The van der Waals surface area contributed by atoms with E-state index in [1.807, 2.05) is 24.3 Å². The highest BCUT2D eigenvalue weighted by molar-refractivity contribution is 7.14. The summed E-state index contributed by atoms with van der Waals surface area (Å²) in [6, 6.07) is 7.59. The van der Waals surface area contributed by atoms with Gasteiger partial charge in [0.15, 0.2) is 11.7 Å². The third-order valence-electron chi connectivity index (χ3n) is 4.43. The van der Waals surface area contributed by atoms with Crippen LogP contribution >= 0.6 is 11.3 Å². The lowest BCUT2D eigenvalue weighted by atomic mass is 10.1. The molecule has 2 amide bonds.